The molecule has 0 fully saturated rings. The number of hydrogen-bond donors (Lipinski definition) is 0. The van der Waals surface area contributed by atoms with Crippen molar-refractivity contribution >= 4 is 75.3 Å². The van der Waals surface area contributed by atoms with Gasteiger partial charge in [0.25, 0.3) is 0 Å². The minimum Gasteiger partial charge on any atom is -0.454 e. The second-order valence-electron chi connectivity index (χ2n) is 14.7. The Hall–Kier alpha value is -7.41. The van der Waals surface area contributed by atoms with Crippen LogP contribution in [0.3, 0.4) is 0 Å². The maximum Gasteiger partial charge on any atom is 0.163 e. The Balaban J connectivity index is 0.972. The monoisotopic (exact) mass is 760 g/mol. The molecule has 4 aromatic heterocycles. The number of aromatic nitrogens is 4. The molecule has 0 N–H and O–H groups in total. The van der Waals surface area contributed by atoms with Crippen molar-refractivity contribution < 1.29 is 4.42 Å². The molecular formula is C52H32N4OS. The molecule has 0 aliphatic rings. The lowest BCUT2D eigenvalue weighted by atomic mass is 9.98. The van der Waals surface area contributed by atoms with Gasteiger partial charge in [-0.15, -0.1) is 11.3 Å². The minimum absolute atomic E-state index is 0.580. The van der Waals surface area contributed by atoms with Gasteiger partial charge in [-0.05, 0) is 65.2 Å². The maximum absolute atomic E-state index is 6.72. The first-order valence-corrected chi connectivity index (χ1v) is 20.3. The molecule has 0 atom stereocenters. The zero-order valence-corrected chi connectivity index (χ0v) is 31.9. The summed E-state index contributed by atoms with van der Waals surface area (Å²) in [5.74, 6) is 2.10. The number of benzene rings is 8. The lowest BCUT2D eigenvalue weighted by Crippen LogP contribution is -2.04. The molecular weight excluding hydrogens is 729 g/mol. The lowest BCUT2D eigenvalue weighted by molar-refractivity contribution is 0.666. The third kappa shape index (κ3) is 5.26. The van der Waals surface area contributed by atoms with Gasteiger partial charge in [-0.2, -0.15) is 0 Å². The van der Waals surface area contributed by atoms with Crippen molar-refractivity contribution in [3.8, 4) is 39.6 Å². The number of para-hydroxylation sites is 3. The average molecular weight is 761 g/mol. The first kappa shape index (κ1) is 32.8. The second-order valence-corrected chi connectivity index (χ2v) is 15.8. The van der Waals surface area contributed by atoms with Crippen molar-refractivity contribution in [1.29, 1.82) is 0 Å². The summed E-state index contributed by atoms with van der Waals surface area (Å²) in [7, 11) is 0. The van der Waals surface area contributed by atoms with Gasteiger partial charge in [0, 0.05) is 59.3 Å². The Morgan fingerprint density at radius 1 is 0.448 bits per heavy atom. The number of fused-ring (bicyclic) bond motifs is 9. The topological polar surface area (TPSA) is 56.7 Å². The Morgan fingerprint density at radius 3 is 1.76 bits per heavy atom. The van der Waals surface area contributed by atoms with Crippen LogP contribution < -0.4 is 0 Å². The van der Waals surface area contributed by atoms with E-state index in [-0.39, 0.29) is 0 Å². The summed E-state index contributed by atoms with van der Waals surface area (Å²) in [5, 5.41) is 7.15. The van der Waals surface area contributed by atoms with Crippen molar-refractivity contribution in [3.05, 3.63) is 193 Å². The van der Waals surface area contributed by atoms with Crippen LogP contribution in [-0.4, -0.2) is 19.5 Å². The molecule has 8 aromatic carbocycles. The van der Waals surface area contributed by atoms with Crippen LogP contribution in [0.4, 0.5) is 0 Å². The van der Waals surface area contributed by atoms with E-state index in [1.165, 1.54) is 36.5 Å². The van der Waals surface area contributed by atoms with E-state index in [9.17, 15) is 0 Å². The van der Waals surface area contributed by atoms with Crippen molar-refractivity contribution in [2.75, 3.05) is 0 Å². The average Bonchev–Trinajstić information content (AvgIpc) is 3.96. The molecule has 4 heterocycles. The number of rotatable bonds is 6. The van der Waals surface area contributed by atoms with Crippen LogP contribution >= 0.6 is 11.3 Å². The highest BCUT2D eigenvalue weighted by Crippen LogP contribution is 2.42. The highest BCUT2D eigenvalue weighted by Gasteiger charge is 2.19. The summed E-state index contributed by atoms with van der Waals surface area (Å²) in [5.41, 5.74) is 10.6. The van der Waals surface area contributed by atoms with Crippen LogP contribution in [0.2, 0.25) is 0 Å². The SMILES string of the molecule is c1ccc(-c2nc(Cc3cccc4sc5ccc(-c6ccc7oc8c(-n9c%10ccccc%10c%10ccccc%109)cccc8c7c6)cc5c34)nc(-c3ccccc3)n2)cc1. The van der Waals surface area contributed by atoms with E-state index in [4.69, 9.17) is 19.4 Å². The van der Waals surface area contributed by atoms with Crippen LogP contribution in [0.25, 0.3) is 104 Å². The number of furan rings is 1. The van der Waals surface area contributed by atoms with Gasteiger partial charge in [0.2, 0.25) is 0 Å². The molecule has 0 aliphatic carbocycles. The van der Waals surface area contributed by atoms with Gasteiger partial charge in [0.1, 0.15) is 11.4 Å². The molecule has 12 rings (SSSR count). The molecule has 0 unspecified atom stereocenters. The Labute approximate surface area is 337 Å². The molecule has 5 nitrogen and oxygen atoms in total. The quantitative estimate of drug-likeness (QED) is 0.169. The summed E-state index contributed by atoms with van der Waals surface area (Å²) in [6.07, 6.45) is 0.580. The first-order valence-electron chi connectivity index (χ1n) is 19.5. The van der Waals surface area contributed by atoms with Crippen molar-refractivity contribution in [2.45, 2.75) is 6.42 Å². The molecule has 0 saturated carbocycles. The predicted molar refractivity (Wildman–Crippen MR) is 240 cm³/mol. The molecule has 0 bridgehead atoms. The van der Waals surface area contributed by atoms with Gasteiger partial charge in [0.15, 0.2) is 17.2 Å². The van der Waals surface area contributed by atoms with Gasteiger partial charge < -0.3 is 8.98 Å². The van der Waals surface area contributed by atoms with E-state index in [1.807, 2.05) is 47.7 Å². The number of hydrogen-bond acceptors (Lipinski definition) is 5. The fraction of sp³-hybridized carbons (Fsp3) is 0.0192. The fourth-order valence-corrected chi connectivity index (χ4v) is 9.78. The Morgan fingerprint density at radius 2 is 1.05 bits per heavy atom. The number of thiophene rings is 1. The molecule has 6 heteroatoms. The summed E-state index contributed by atoms with van der Waals surface area (Å²) in [6.45, 7) is 0. The van der Waals surface area contributed by atoms with Gasteiger partial charge >= 0.3 is 0 Å². The smallest absolute Gasteiger partial charge is 0.163 e. The normalized spacial score (nSPS) is 11.9. The third-order valence-corrected chi connectivity index (χ3v) is 12.4. The molecule has 0 radical (unpaired) electrons. The molecule has 12 aromatic rings. The maximum atomic E-state index is 6.72. The highest BCUT2D eigenvalue weighted by molar-refractivity contribution is 7.25. The molecule has 0 spiro atoms. The first-order chi connectivity index (χ1) is 28.7. The van der Waals surface area contributed by atoms with Crippen LogP contribution in [-0.2, 0) is 6.42 Å². The standard InChI is InChI=1S/C52H32N4OS/c1-3-13-32(14-4-1)51-53-48(54-52(55-51)33-15-5-2-6-16-33)31-36-17-11-24-47-49(36)41-30-35(26-28-46(41)58-47)34-25-27-45-40(29-34)39-20-12-23-44(50(39)57-45)56-42-21-9-7-18-37(42)38-19-8-10-22-43(38)56/h1-30H,31H2. The molecule has 58 heavy (non-hydrogen) atoms. The lowest BCUT2D eigenvalue weighted by Gasteiger charge is -2.09. The van der Waals surface area contributed by atoms with Crippen LogP contribution in [0.5, 0.6) is 0 Å². The number of nitrogens with zero attached hydrogens (tertiary/aromatic N) is 4. The Bertz CT molecular complexity index is 3440. The third-order valence-electron chi connectivity index (χ3n) is 11.3. The van der Waals surface area contributed by atoms with E-state index >= 15 is 0 Å². The summed E-state index contributed by atoms with van der Waals surface area (Å²) in [4.78, 5) is 15.0. The largest absolute Gasteiger partial charge is 0.454 e. The molecule has 0 aliphatic heterocycles. The highest BCUT2D eigenvalue weighted by atomic mass is 32.1. The summed E-state index contributed by atoms with van der Waals surface area (Å²) in [6, 6.07) is 64.1. The van der Waals surface area contributed by atoms with Gasteiger partial charge in [-0.25, -0.2) is 15.0 Å². The van der Waals surface area contributed by atoms with Crippen molar-refractivity contribution in [2.24, 2.45) is 0 Å². The minimum atomic E-state index is 0.580. The van der Waals surface area contributed by atoms with Crippen molar-refractivity contribution in [1.82, 2.24) is 19.5 Å². The fourth-order valence-electron chi connectivity index (χ4n) is 8.65. The van der Waals surface area contributed by atoms with E-state index in [2.05, 4.69) is 150 Å². The van der Waals surface area contributed by atoms with Gasteiger partial charge in [-0.1, -0.05) is 133 Å². The van der Waals surface area contributed by atoms with E-state index in [0.29, 0.717) is 18.1 Å². The van der Waals surface area contributed by atoms with E-state index in [0.717, 1.165) is 66.7 Å². The van der Waals surface area contributed by atoms with Gasteiger partial charge in [0.05, 0.1) is 16.7 Å². The summed E-state index contributed by atoms with van der Waals surface area (Å²) >= 11 is 1.83. The van der Waals surface area contributed by atoms with Crippen LogP contribution in [0.1, 0.15) is 11.4 Å². The zero-order chi connectivity index (χ0) is 38.2. The van der Waals surface area contributed by atoms with Crippen LogP contribution in [0, 0.1) is 0 Å². The van der Waals surface area contributed by atoms with E-state index in [1.54, 1.807) is 0 Å². The predicted octanol–water partition coefficient (Wildman–Crippen LogP) is 13.8. The van der Waals surface area contributed by atoms with E-state index < -0.39 is 0 Å². The molecule has 0 saturated heterocycles. The molecule has 0 amide bonds. The second kappa shape index (κ2) is 13.1. The van der Waals surface area contributed by atoms with Crippen LogP contribution in [0.15, 0.2) is 186 Å². The Kier molecular flexibility index (Phi) is 7.40. The zero-order valence-electron chi connectivity index (χ0n) is 31.1. The molecule has 272 valence electrons. The van der Waals surface area contributed by atoms with Crippen molar-refractivity contribution in [3.63, 3.8) is 0 Å². The van der Waals surface area contributed by atoms with Gasteiger partial charge in [-0.3, -0.25) is 0 Å². The summed E-state index contributed by atoms with van der Waals surface area (Å²) < 4.78 is 11.6.